The number of hydrogen-bond donors (Lipinski definition) is 2. The van der Waals surface area contributed by atoms with Crippen molar-refractivity contribution in [3.63, 3.8) is 0 Å². The van der Waals surface area contributed by atoms with Crippen molar-refractivity contribution in [3.8, 4) is 84.6 Å². The standard InChI is InChI=1S/C68H36O2/c1-5-41-33-42(6-2)36-45(35-41)15-26-55(54-28-21-51-19-17-47-11-9-13-49-23-30-57(54)66(51)64(47)49)62-40-63(70)68(60-32-25-53(69)39-61(60)62)59(27-16-46-37-43(7-3)34-44(8-4)38-46)56-29-22-52-20-18-48-12-10-14-50-24-31-58(56)67(52)65(48)50/h1-4,9-14,17-25,28-40,55,59,69-70H. The fraction of sp³-hybridized carbons (Fsp3) is 0.0294. The van der Waals surface area contributed by atoms with Gasteiger partial charge >= 0.3 is 0 Å². The van der Waals surface area contributed by atoms with Gasteiger partial charge < -0.3 is 10.2 Å². The molecule has 2 nitrogen and oxygen atoms in total. The summed E-state index contributed by atoms with van der Waals surface area (Å²) in [7, 11) is 0. The van der Waals surface area contributed by atoms with Gasteiger partial charge in [0.1, 0.15) is 11.5 Å². The summed E-state index contributed by atoms with van der Waals surface area (Å²) in [6, 6.07) is 56.5. The third-order valence-corrected chi connectivity index (χ3v) is 13.8. The van der Waals surface area contributed by atoms with Crippen LogP contribution < -0.4 is 0 Å². The van der Waals surface area contributed by atoms with E-state index in [4.69, 9.17) is 25.7 Å². The largest absolute Gasteiger partial charge is 0.508 e. The van der Waals surface area contributed by atoms with Crippen molar-refractivity contribution in [3.05, 3.63) is 225 Å². The van der Waals surface area contributed by atoms with E-state index in [0.717, 1.165) is 70.4 Å². The Morgan fingerprint density at radius 1 is 0.329 bits per heavy atom. The highest BCUT2D eigenvalue weighted by molar-refractivity contribution is 6.25. The molecule has 320 valence electrons. The van der Waals surface area contributed by atoms with Gasteiger partial charge in [0.25, 0.3) is 0 Å². The quantitative estimate of drug-likeness (QED) is 0.137. The van der Waals surface area contributed by atoms with Crippen LogP contribution >= 0.6 is 0 Å². The van der Waals surface area contributed by atoms with Crippen LogP contribution in [0.4, 0.5) is 0 Å². The van der Waals surface area contributed by atoms with E-state index >= 15 is 0 Å². The van der Waals surface area contributed by atoms with Gasteiger partial charge in [-0.2, -0.15) is 0 Å². The lowest BCUT2D eigenvalue weighted by Crippen LogP contribution is -2.06. The highest BCUT2D eigenvalue weighted by Crippen LogP contribution is 2.48. The first-order valence-electron chi connectivity index (χ1n) is 22.8. The molecule has 0 aliphatic carbocycles. The lowest BCUT2D eigenvalue weighted by Gasteiger charge is -2.24. The predicted molar refractivity (Wildman–Crippen MR) is 290 cm³/mol. The molecule has 2 N–H and O–H groups in total. The molecule has 0 saturated heterocycles. The minimum absolute atomic E-state index is 0.0216. The molecule has 0 aromatic heterocycles. The SMILES string of the molecule is C#Cc1cc(C#C)cc(C#CC(c2cc(O)c(C(C#Cc3cc(C#C)cc(C#C)c3)c3ccc4ccc5cccc6ccc3c4c56)c3ccc(O)cc23)c2ccc3ccc4cccc5ccc2c3c45)c1. The van der Waals surface area contributed by atoms with Crippen LogP contribution in [0.5, 0.6) is 11.5 Å². The first-order valence-corrected chi connectivity index (χ1v) is 22.8. The van der Waals surface area contributed by atoms with Crippen LogP contribution in [0.2, 0.25) is 0 Å². The van der Waals surface area contributed by atoms with Crippen molar-refractivity contribution >= 4 is 75.4 Å². The molecule has 70 heavy (non-hydrogen) atoms. The molecule has 2 unspecified atom stereocenters. The number of fused-ring (bicyclic) bond motifs is 1. The minimum Gasteiger partial charge on any atom is -0.508 e. The fourth-order valence-corrected chi connectivity index (χ4v) is 10.7. The molecule has 0 aliphatic heterocycles. The Morgan fingerprint density at radius 3 is 1.19 bits per heavy atom. The Morgan fingerprint density at radius 2 is 0.714 bits per heavy atom. The van der Waals surface area contributed by atoms with Crippen LogP contribution in [0.25, 0.3) is 75.4 Å². The number of phenols is 2. The average molecular weight is 885 g/mol. The van der Waals surface area contributed by atoms with Crippen molar-refractivity contribution in [2.75, 3.05) is 0 Å². The van der Waals surface area contributed by atoms with Gasteiger partial charge in [-0.3, -0.25) is 0 Å². The van der Waals surface area contributed by atoms with E-state index in [1.54, 1.807) is 30.3 Å². The molecular weight excluding hydrogens is 849 g/mol. The first-order chi connectivity index (χ1) is 34.3. The maximum atomic E-state index is 13.0. The highest BCUT2D eigenvalue weighted by atomic mass is 16.3. The molecule has 0 heterocycles. The van der Waals surface area contributed by atoms with Crippen LogP contribution in [-0.4, -0.2) is 10.2 Å². The van der Waals surface area contributed by atoms with E-state index in [0.29, 0.717) is 55.3 Å². The summed E-state index contributed by atoms with van der Waals surface area (Å²) in [5.41, 5.74) is 6.90. The molecule has 2 heteroatoms. The van der Waals surface area contributed by atoms with E-state index in [9.17, 15) is 10.2 Å². The van der Waals surface area contributed by atoms with Gasteiger partial charge in [0.15, 0.2) is 0 Å². The second kappa shape index (κ2) is 16.4. The molecule has 0 saturated carbocycles. The topological polar surface area (TPSA) is 40.5 Å². The number of phenolic OH excluding ortho intramolecular Hbond substituents is 2. The molecule has 0 bridgehead atoms. The Hall–Kier alpha value is -10.1. The van der Waals surface area contributed by atoms with Gasteiger partial charge in [0, 0.05) is 38.9 Å². The van der Waals surface area contributed by atoms with Crippen molar-refractivity contribution in [2.24, 2.45) is 0 Å². The molecule has 0 fully saturated rings. The Balaban J connectivity index is 1.15. The van der Waals surface area contributed by atoms with Crippen LogP contribution in [0, 0.1) is 73.1 Å². The summed E-state index contributed by atoms with van der Waals surface area (Å²) >= 11 is 0. The van der Waals surface area contributed by atoms with Crippen molar-refractivity contribution in [1.82, 2.24) is 0 Å². The Labute approximate surface area is 405 Å². The van der Waals surface area contributed by atoms with E-state index < -0.39 is 11.8 Å². The predicted octanol–water partition coefficient (Wildman–Crippen LogP) is 14.3. The van der Waals surface area contributed by atoms with Gasteiger partial charge in [-0.25, -0.2) is 0 Å². The lowest BCUT2D eigenvalue weighted by atomic mass is 9.79. The first kappa shape index (κ1) is 41.4. The van der Waals surface area contributed by atoms with E-state index in [-0.39, 0.29) is 11.5 Å². The zero-order valence-electron chi connectivity index (χ0n) is 37.5. The molecule has 0 radical (unpaired) electrons. The van der Waals surface area contributed by atoms with Crippen molar-refractivity contribution in [1.29, 1.82) is 0 Å². The summed E-state index contributed by atoms with van der Waals surface area (Å²) in [6.07, 6.45) is 23.6. The number of terminal acetylenes is 4. The number of aromatic hydroxyl groups is 2. The smallest absolute Gasteiger partial charge is 0.121 e. The molecule has 12 aromatic carbocycles. The minimum atomic E-state index is -0.692. The van der Waals surface area contributed by atoms with E-state index in [1.165, 1.54) is 5.39 Å². The highest BCUT2D eigenvalue weighted by Gasteiger charge is 2.28. The second-order valence-electron chi connectivity index (χ2n) is 17.7. The van der Waals surface area contributed by atoms with Gasteiger partial charge in [-0.15, -0.1) is 25.7 Å². The monoisotopic (exact) mass is 884 g/mol. The fourth-order valence-electron chi connectivity index (χ4n) is 10.7. The zero-order valence-corrected chi connectivity index (χ0v) is 37.5. The van der Waals surface area contributed by atoms with E-state index in [1.807, 2.05) is 30.3 Å². The molecule has 12 rings (SSSR count). The van der Waals surface area contributed by atoms with Gasteiger partial charge in [0.05, 0.1) is 11.8 Å². The number of benzene rings is 12. The molecule has 0 amide bonds. The van der Waals surface area contributed by atoms with Crippen LogP contribution in [0.3, 0.4) is 0 Å². The molecule has 0 aliphatic rings. The average Bonchev–Trinajstić information content (AvgIpc) is 3.40. The van der Waals surface area contributed by atoms with Crippen molar-refractivity contribution < 1.29 is 10.2 Å². The summed E-state index contributed by atoms with van der Waals surface area (Å²) in [5, 5.41) is 39.2. The number of hydrogen-bond acceptors (Lipinski definition) is 2. The summed E-state index contributed by atoms with van der Waals surface area (Å²) in [6.45, 7) is 0. The molecule has 12 aromatic rings. The third kappa shape index (κ3) is 6.74. The molecular formula is C68H36O2. The van der Waals surface area contributed by atoms with Gasteiger partial charge in [-0.1, -0.05) is 163 Å². The van der Waals surface area contributed by atoms with E-state index in [2.05, 4.69) is 157 Å². The summed E-state index contributed by atoms with van der Waals surface area (Å²) < 4.78 is 0. The molecule has 0 spiro atoms. The maximum absolute atomic E-state index is 13.0. The zero-order chi connectivity index (χ0) is 47.6. The normalized spacial score (nSPS) is 12.0. The number of rotatable bonds is 4. The summed E-state index contributed by atoms with van der Waals surface area (Å²) in [4.78, 5) is 0. The molecule has 2 atom stereocenters. The summed E-state index contributed by atoms with van der Waals surface area (Å²) in [5.74, 6) is 23.8. The van der Waals surface area contributed by atoms with Gasteiger partial charge in [-0.05, 0) is 147 Å². The Bertz CT molecular complexity index is 4420. The van der Waals surface area contributed by atoms with Gasteiger partial charge in [0.2, 0.25) is 0 Å². The third-order valence-electron chi connectivity index (χ3n) is 13.8. The Kier molecular flexibility index (Phi) is 9.68. The van der Waals surface area contributed by atoms with Crippen LogP contribution in [-0.2, 0) is 0 Å². The lowest BCUT2D eigenvalue weighted by molar-refractivity contribution is 0.468. The maximum Gasteiger partial charge on any atom is 0.121 e. The van der Waals surface area contributed by atoms with Crippen LogP contribution in [0.15, 0.2) is 170 Å². The van der Waals surface area contributed by atoms with Crippen molar-refractivity contribution in [2.45, 2.75) is 11.8 Å². The van der Waals surface area contributed by atoms with Crippen LogP contribution in [0.1, 0.15) is 67.5 Å². The second-order valence-corrected chi connectivity index (χ2v) is 17.7.